The Morgan fingerprint density at radius 1 is 1.14 bits per heavy atom. The molecule has 0 fully saturated rings. The Labute approximate surface area is 210 Å². The number of carbonyl (C=O) groups excluding carboxylic acids is 1. The molecule has 0 aliphatic heterocycles. The van der Waals surface area contributed by atoms with Crippen molar-refractivity contribution in [2.24, 2.45) is 0 Å². The van der Waals surface area contributed by atoms with E-state index in [0.29, 0.717) is 11.1 Å². The molecule has 0 radical (unpaired) electrons. The molecule has 0 saturated carbocycles. The fourth-order valence-corrected chi connectivity index (χ4v) is 4.68. The second-order valence-corrected chi connectivity index (χ2v) is 11.0. The van der Waals surface area contributed by atoms with E-state index in [9.17, 15) is 31.2 Å². The van der Waals surface area contributed by atoms with Crippen molar-refractivity contribution in [2.45, 2.75) is 38.7 Å². The average molecular weight is 545 g/mol. The van der Waals surface area contributed by atoms with E-state index in [-0.39, 0.29) is 10.8 Å². The van der Waals surface area contributed by atoms with Gasteiger partial charge in [-0.25, -0.2) is 17.9 Å². The molecule has 1 aromatic heterocycles. The number of aromatic nitrogens is 3. The largest absolute Gasteiger partial charge is 0.390 e. The number of aryl methyl sites for hydroxylation is 1. The summed E-state index contributed by atoms with van der Waals surface area (Å²) in [6.07, 6.45) is -4.76. The molecule has 1 heterocycles. The fraction of sp³-hybridized carbons (Fsp3) is 0.348. The highest BCUT2D eigenvalue weighted by molar-refractivity contribution is 7.90. The monoisotopic (exact) mass is 544 g/mol. The number of sulfone groups is 1. The third-order valence-corrected chi connectivity index (χ3v) is 6.51. The number of nitrogens with one attached hydrogen (secondary N) is 1. The molecule has 8 nitrogen and oxygen atoms in total. The lowest BCUT2D eigenvalue weighted by Crippen LogP contribution is -2.38. The van der Waals surface area contributed by atoms with Crippen LogP contribution in [0.4, 0.5) is 13.2 Å². The maximum Gasteiger partial charge on any atom is 0.390 e. The van der Waals surface area contributed by atoms with Gasteiger partial charge in [-0.05, 0) is 18.6 Å². The number of hydrogen-bond acceptors (Lipinski definition) is 5. The lowest BCUT2D eigenvalue weighted by atomic mass is 10.1. The van der Waals surface area contributed by atoms with E-state index in [1.54, 1.807) is 48.5 Å². The Kier molecular flexibility index (Phi) is 8.29. The molecule has 3 aromatic rings. The second kappa shape index (κ2) is 10.9. The van der Waals surface area contributed by atoms with Crippen molar-refractivity contribution < 1.29 is 26.4 Å². The van der Waals surface area contributed by atoms with Crippen molar-refractivity contribution >= 4 is 27.3 Å². The van der Waals surface area contributed by atoms with Gasteiger partial charge in [0.2, 0.25) is 5.91 Å². The topological polar surface area (TPSA) is 103 Å². The second-order valence-electron chi connectivity index (χ2n) is 8.38. The van der Waals surface area contributed by atoms with Crippen LogP contribution in [0.1, 0.15) is 23.6 Å². The zero-order chi connectivity index (χ0) is 26.7. The molecule has 0 bridgehead atoms. The fourth-order valence-electron chi connectivity index (χ4n) is 3.55. The molecule has 1 amide bonds. The van der Waals surface area contributed by atoms with Gasteiger partial charge in [-0.2, -0.15) is 13.2 Å². The smallest absolute Gasteiger partial charge is 0.347 e. The van der Waals surface area contributed by atoms with Crippen LogP contribution in [-0.2, 0) is 27.7 Å². The minimum Gasteiger partial charge on any atom is -0.347 e. The van der Waals surface area contributed by atoms with Gasteiger partial charge in [0, 0.05) is 23.4 Å². The molecule has 3 rings (SSSR count). The summed E-state index contributed by atoms with van der Waals surface area (Å²) in [6.45, 7) is 0.514. The number of halogens is 4. The minimum absolute atomic E-state index is 0.0177. The van der Waals surface area contributed by atoms with E-state index in [4.69, 9.17) is 11.6 Å². The van der Waals surface area contributed by atoms with Crippen LogP contribution in [0.15, 0.2) is 53.3 Å². The molecule has 13 heteroatoms. The molecule has 0 aliphatic carbocycles. The first-order chi connectivity index (χ1) is 16.7. The van der Waals surface area contributed by atoms with Crippen LogP contribution in [0.3, 0.4) is 0 Å². The van der Waals surface area contributed by atoms with Gasteiger partial charge in [-0.3, -0.25) is 9.36 Å². The normalized spacial score (nSPS) is 12.9. The van der Waals surface area contributed by atoms with Crippen LogP contribution < -0.4 is 11.0 Å². The third-order valence-electron chi connectivity index (χ3n) is 5.23. The average Bonchev–Trinajstić information content (AvgIpc) is 3.06. The summed E-state index contributed by atoms with van der Waals surface area (Å²) in [6, 6.07) is 12.0. The van der Waals surface area contributed by atoms with Crippen LogP contribution in [0, 0.1) is 6.92 Å². The van der Waals surface area contributed by atoms with Gasteiger partial charge in [-0.1, -0.05) is 59.6 Å². The molecular formula is C23H24ClF3N4O4S. The molecule has 36 heavy (non-hydrogen) atoms. The van der Waals surface area contributed by atoms with E-state index in [1.165, 1.54) is 0 Å². The van der Waals surface area contributed by atoms with Crippen LogP contribution in [0.2, 0.25) is 5.02 Å². The minimum atomic E-state index is -4.50. The molecule has 194 valence electrons. The van der Waals surface area contributed by atoms with Crippen molar-refractivity contribution in [1.82, 2.24) is 19.7 Å². The number of carbonyl (C=O) groups is 1. The van der Waals surface area contributed by atoms with Gasteiger partial charge in [0.25, 0.3) is 0 Å². The van der Waals surface area contributed by atoms with Crippen molar-refractivity contribution in [3.63, 3.8) is 0 Å². The predicted octanol–water partition coefficient (Wildman–Crippen LogP) is 3.53. The Morgan fingerprint density at radius 2 is 1.78 bits per heavy atom. The van der Waals surface area contributed by atoms with Gasteiger partial charge in [-0.15, -0.1) is 5.10 Å². The summed E-state index contributed by atoms with van der Waals surface area (Å²) in [7, 11) is -3.55. The van der Waals surface area contributed by atoms with Crippen molar-refractivity contribution in [2.75, 3.05) is 12.0 Å². The van der Waals surface area contributed by atoms with E-state index in [0.717, 1.165) is 21.1 Å². The lowest BCUT2D eigenvalue weighted by Gasteiger charge is -2.19. The molecular weight excluding hydrogens is 521 g/mol. The quantitative estimate of drug-likeness (QED) is 0.444. The van der Waals surface area contributed by atoms with Gasteiger partial charge >= 0.3 is 11.9 Å². The van der Waals surface area contributed by atoms with Crippen LogP contribution >= 0.6 is 11.6 Å². The number of rotatable bonds is 9. The number of benzene rings is 2. The summed E-state index contributed by atoms with van der Waals surface area (Å²) in [5, 5.41) is 6.90. The third kappa shape index (κ3) is 7.44. The zero-order valence-corrected chi connectivity index (χ0v) is 21.0. The highest BCUT2D eigenvalue weighted by Crippen LogP contribution is 2.25. The van der Waals surface area contributed by atoms with Gasteiger partial charge in [0.05, 0.1) is 18.2 Å². The molecule has 1 unspecified atom stereocenters. The standard InChI is InChI=1S/C23H24ClF3N4O4S/c1-15-7-9-16(10-8-15)21-29-31(22(33)30(21)12-11-23(25,26)27)13-20(32)28-19(14-36(2,34)35)17-5-3-4-6-18(17)24/h3-10,19H,11-14H2,1-2H3,(H,28,32). The van der Waals surface area contributed by atoms with E-state index in [2.05, 4.69) is 10.4 Å². The molecule has 1 N–H and O–H groups in total. The molecule has 1 atom stereocenters. The van der Waals surface area contributed by atoms with Crippen LogP contribution in [0.5, 0.6) is 0 Å². The van der Waals surface area contributed by atoms with Gasteiger partial charge in [0.15, 0.2) is 5.82 Å². The summed E-state index contributed by atoms with van der Waals surface area (Å²) >= 11 is 6.18. The molecule has 0 aliphatic rings. The van der Waals surface area contributed by atoms with E-state index >= 15 is 0 Å². The highest BCUT2D eigenvalue weighted by atomic mass is 35.5. The predicted molar refractivity (Wildman–Crippen MR) is 129 cm³/mol. The maximum absolute atomic E-state index is 12.9. The Balaban J connectivity index is 1.92. The Bertz CT molecular complexity index is 1400. The molecule has 2 aromatic carbocycles. The summed E-state index contributed by atoms with van der Waals surface area (Å²) < 4.78 is 64.2. The maximum atomic E-state index is 12.9. The summed E-state index contributed by atoms with van der Waals surface area (Å²) in [5.41, 5.74) is 0.770. The number of amides is 1. The zero-order valence-electron chi connectivity index (χ0n) is 19.4. The molecule has 0 saturated heterocycles. The SMILES string of the molecule is Cc1ccc(-c2nn(CC(=O)NC(CS(C)(=O)=O)c3ccccc3Cl)c(=O)n2CCC(F)(F)F)cc1. The van der Waals surface area contributed by atoms with Crippen molar-refractivity contribution in [3.8, 4) is 11.4 Å². The number of nitrogens with zero attached hydrogens (tertiary/aromatic N) is 3. The molecule has 0 spiro atoms. The van der Waals surface area contributed by atoms with Crippen molar-refractivity contribution in [3.05, 3.63) is 75.2 Å². The first kappa shape index (κ1) is 27.5. The summed E-state index contributed by atoms with van der Waals surface area (Å²) in [4.78, 5) is 25.7. The van der Waals surface area contributed by atoms with Crippen molar-refractivity contribution in [1.29, 1.82) is 0 Å². The first-order valence-corrected chi connectivity index (χ1v) is 13.2. The van der Waals surface area contributed by atoms with Crippen LogP contribution in [-0.4, -0.2) is 46.9 Å². The van der Waals surface area contributed by atoms with E-state index < -0.39 is 58.9 Å². The first-order valence-electron chi connectivity index (χ1n) is 10.8. The summed E-state index contributed by atoms with van der Waals surface area (Å²) in [5.74, 6) is -1.23. The Morgan fingerprint density at radius 3 is 2.36 bits per heavy atom. The van der Waals surface area contributed by atoms with Gasteiger partial charge in [0.1, 0.15) is 16.4 Å². The van der Waals surface area contributed by atoms with Gasteiger partial charge < -0.3 is 5.32 Å². The Hall–Kier alpha value is -3.12. The number of alkyl halides is 3. The number of hydrogen-bond donors (Lipinski definition) is 1. The van der Waals surface area contributed by atoms with E-state index in [1.807, 2.05) is 6.92 Å². The van der Waals surface area contributed by atoms with Crippen LogP contribution in [0.25, 0.3) is 11.4 Å². The highest BCUT2D eigenvalue weighted by Gasteiger charge is 2.29. The lowest BCUT2D eigenvalue weighted by molar-refractivity contribution is -0.136.